The summed E-state index contributed by atoms with van der Waals surface area (Å²) in [4.78, 5) is 11.1. The monoisotopic (exact) mass is 276 g/mol. The fourth-order valence-corrected chi connectivity index (χ4v) is 2.71. The lowest BCUT2D eigenvalue weighted by molar-refractivity contribution is 0.963. The molecular formula is C14H20N4S. The molecule has 0 aromatic carbocycles. The molecule has 0 aliphatic carbocycles. The third-order valence-electron chi connectivity index (χ3n) is 2.88. The van der Waals surface area contributed by atoms with Crippen molar-refractivity contribution in [1.29, 1.82) is 0 Å². The first-order valence-corrected chi connectivity index (χ1v) is 7.36. The fraction of sp³-hybridized carbons (Fsp3) is 0.429. The molecule has 0 bridgehead atoms. The molecule has 0 amide bonds. The quantitative estimate of drug-likeness (QED) is 0.846. The molecule has 0 saturated carbocycles. The van der Waals surface area contributed by atoms with Crippen molar-refractivity contribution in [2.24, 2.45) is 0 Å². The molecule has 19 heavy (non-hydrogen) atoms. The Morgan fingerprint density at radius 1 is 1.11 bits per heavy atom. The van der Waals surface area contributed by atoms with E-state index in [1.807, 2.05) is 17.4 Å². The van der Waals surface area contributed by atoms with E-state index >= 15 is 0 Å². The van der Waals surface area contributed by atoms with Crippen LogP contribution in [-0.4, -0.2) is 16.5 Å². The van der Waals surface area contributed by atoms with Gasteiger partial charge in [0.15, 0.2) is 0 Å². The van der Waals surface area contributed by atoms with Crippen LogP contribution in [0, 0.1) is 13.8 Å². The van der Waals surface area contributed by atoms with Crippen molar-refractivity contribution in [2.75, 3.05) is 17.2 Å². The second-order valence-corrected chi connectivity index (χ2v) is 5.86. The van der Waals surface area contributed by atoms with Gasteiger partial charge in [-0.25, -0.2) is 9.97 Å². The van der Waals surface area contributed by atoms with Gasteiger partial charge in [0.05, 0.1) is 6.54 Å². The maximum atomic E-state index is 4.23. The van der Waals surface area contributed by atoms with Gasteiger partial charge in [0.1, 0.15) is 18.0 Å². The third-order valence-corrected chi connectivity index (χ3v) is 4.04. The zero-order valence-corrected chi connectivity index (χ0v) is 12.5. The largest absolute Gasteiger partial charge is 0.370 e. The van der Waals surface area contributed by atoms with Gasteiger partial charge in [-0.05, 0) is 31.9 Å². The molecule has 4 nitrogen and oxygen atoms in total. The Morgan fingerprint density at radius 2 is 1.84 bits per heavy atom. The van der Waals surface area contributed by atoms with E-state index in [0.717, 1.165) is 31.1 Å². The van der Waals surface area contributed by atoms with Gasteiger partial charge in [-0.3, -0.25) is 0 Å². The van der Waals surface area contributed by atoms with E-state index in [2.05, 4.69) is 47.4 Å². The van der Waals surface area contributed by atoms with Crippen LogP contribution >= 0.6 is 11.3 Å². The zero-order chi connectivity index (χ0) is 13.7. The lowest BCUT2D eigenvalue weighted by atomic mass is 10.3. The minimum absolute atomic E-state index is 0.809. The Hall–Kier alpha value is -1.62. The molecule has 2 rings (SSSR count). The maximum absolute atomic E-state index is 4.23. The van der Waals surface area contributed by atoms with E-state index in [1.54, 1.807) is 6.33 Å². The van der Waals surface area contributed by atoms with Crippen LogP contribution in [0.15, 0.2) is 18.5 Å². The van der Waals surface area contributed by atoms with Crippen LogP contribution in [0.3, 0.4) is 0 Å². The Kier molecular flexibility index (Phi) is 4.74. The van der Waals surface area contributed by atoms with Crippen LogP contribution in [0.4, 0.5) is 11.6 Å². The molecule has 0 aliphatic heterocycles. The molecule has 2 aromatic rings. The van der Waals surface area contributed by atoms with Crippen LogP contribution in [0.1, 0.15) is 28.7 Å². The van der Waals surface area contributed by atoms with Crippen molar-refractivity contribution < 1.29 is 0 Å². The number of thiophene rings is 1. The highest BCUT2D eigenvalue weighted by atomic mass is 32.1. The number of hydrogen-bond acceptors (Lipinski definition) is 5. The number of nitrogens with one attached hydrogen (secondary N) is 2. The van der Waals surface area contributed by atoms with E-state index in [9.17, 15) is 0 Å². The molecule has 2 aromatic heterocycles. The highest BCUT2D eigenvalue weighted by Gasteiger charge is 2.02. The van der Waals surface area contributed by atoms with Crippen molar-refractivity contribution in [2.45, 2.75) is 33.7 Å². The third kappa shape index (κ3) is 3.92. The number of rotatable bonds is 6. The maximum Gasteiger partial charge on any atom is 0.131 e. The van der Waals surface area contributed by atoms with Crippen molar-refractivity contribution in [3.8, 4) is 0 Å². The van der Waals surface area contributed by atoms with Gasteiger partial charge in [-0.1, -0.05) is 6.92 Å². The summed E-state index contributed by atoms with van der Waals surface area (Å²) in [5, 5.41) is 6.60. The molecule has 102 valence electrons. The van der Waals surface area contributed by atoms with Gasteiger partial charge in [0.25, 0.3) is 0 Å². The SMILES string of the molecule is CCCNc1cc(NCc2cc(C)c(C)s2)ncn1. The fourth-order valence-electron chi connectivity index (χ4n) is 1.72. The molecule has 5 heteroatoms. The lowest BCUT2D eigenvalue weighted by Gasteiger charge is -2.07. The molecule has 0 saturated heterocycles. The number of nitrogens with zero attached hydrogens (tertiary/aromatic N) is 2. The van der Waals surface area contributed by atoms with Gasteiger partial charge in [-0.2, -0.15) is 0 Å². The number of aromatic nitrogens is 2. The van der Waals surface area contributed by atoms with Crippen LogP contribution in [-0.2, 0) is 6.54 Å². The van der Waals surface area contributed by atoms with E-state index in [-0.39, 0.29) is 0 Å². The summed E-state index contributed by atoms with van der Waals surface area (Å²) in [5.74, 6) is 1.73. The second-order valence-electron chi connectivity index (χ2n) is 4.52. The van der Waals surface area contributed by atoms with Gasteiger partial charge in [-0.15, -0.1) is 11.3 Å². The highest BCUT2D eigenvalue weighted by molar-refractivity contribution is 7.12. The molecular weight excluding hydrogens is 256 g/mol. The summed E-state index contributed by atoms with van der Waals surface area (Å²) in [6.07, 6.45) is 2.67. The van der Waals surface area contributed by atoms with Gasteiger partial charge >= 0.3 is 0 Å². The Morgan fingerprint density at radius 3 is 2.47 bits per heavy atom. The van der Waals surface area contributed by atoms with Crippen molar-refractivity contribution in [3.05, 3.63) is 33.8 Å². The first-order valence-electron chi connectivity index (χ1n) is 6.54. The minimum Gasteiger partial charge on any atom is -0.370 e. The predicted molar refractivity (Wildman–Crippen MR) is 81.9 cm³/mol. The first-order chi connectivity index (χ1) is 9.19. The Balaban J connectivity index is 1.95. The van der Waals surface area contributed by atoms with Crippen LogP contribution in [0.5, 0.6) is 0 Å². The minimum atomic E-state index is 0.809. The molecule has 0 spiro atoms. The van der Waals surface area contributed by atoms with Gasteiger partial charge in [0.2, 0.25) is 0 Å². The number of anilines is 2. The molecule has 0 radical (unpaired) electrons. The highest BCUT2D eigenvalue weighted by Crippen LogP contribution is 2.21. The number of hydrogen-bond donors (Lipinski definition) is 2. The molecule has 0 unspecified atom stereocenters. The predicted octanol–water partition coefficient (Wildman–Crippen LogP) is 3.59. The van der Waals surface area contributed by atoms with Crippen LogP contribution < -0.4 is 10.6 Å². The second kappa shape index (κ2) is 6.52. The average Bonchev–Trinajstić information content (AvgIpc) is 2.74. The van der Waals surface area contributed by atoms with Crippen LogP contribution in [0.25, 0.3) is 0 Å². The Labute approximate surface area is 118 Å². The summed E-state index contributed by atoms with van der Waals surface area (Å²) in [6, 6.07) is 4.17. The Bertz CT molecular complexity index is 516. The molecule has 2 heterocycles. The first kappa shape index (κ1) is 13.8. The zero-order valence-electron chi connectivity index (χ0n) is 11.7. The number of aryl methyl sites for hydroxylation is 2. The van der Waals surface area contributed by atoms with E-state index < -0.39 is 0 Å². The average molecular weight is 276 g/mol. The van der Waals surface area contributed by atoms with Gasteiger partial charge < -0.3 is 10.6 Å². The summed E-state index contributed by atoms with van der Waals surface area (Å²) < 4.78 is 0. The van der Waals surface area contributed by atoms with Crippen molar-refractivity contribution >= 4 is 23.0 Å². The normalized spacial score (nSPS) is 10.5. The molecule has 0 atom stereocenters. The van der Waals surface area contributed by atoms with Crippen molar-refractivity contribution in [3.63, 3.8) is 0 Å². The summed E-state index contributed by atoms with van der Waals surface area (Å²) >= 11 is 1.83. The summed E-state index contributed by atoms with van der Waals surface area (Å²) in [6.45, 7) is 8.17. The smallest absolute Gasteiger partial charge is 0.131 e. The van der Waals surface area contributed by atoms with Crippen LogP contribution in [0.2, 0.25) is 0 Å². The van der Waals surface area contributed by atoms with E-state index in [4.69, 9.17) is 0 Å². The lowest BCUT2D eigenvalue weighted by Crippen LogP contribution is -2.05. The van der Waals surface area contributed by atoms with Gasteiger partial charge in [0, 0.05) is 22.4 Å². The topological polar surface area (TPSA) is 49.8 Å². The van der Waals surface area contributed by atoms with E-state index in [0.29, 0.717) is 0 Å². The van der Waals surface area contributed by atoms with E-state index in [1.165, 1.54) is 15.3 Å². The van der Waals surface area contributed by atoms with Crippen molar-refractivity contribution in [1.82, 2.24) is 9.97 Å². The summed E-state index contributed by atoms with van der Waals surface area (Å²) in [7, 11) is 0. The molecule has 0 fully saturated rings. The summed E-state index contributed by atoms with van der Waals surface area (Å²) in [5.41, 5.74) is 1.36. The standard InChI is InChI=1S/C14H20N4S/c1-4-5-15-13-7-14(18-9-17-13)16-8-12-6-10(2)11(3)19-12/h6-7,9H,4-5,8H2,1-3H3,(H2,15,16,17,18). The molecule has 0 aliphatic rings. The molecule has 2 N–H and O–H groups in total.